The van der Waals surface area contributed by atoms with Gasteiger partial charge in [0.2, 0.25) is 21.5 Å². The van der Waals surface area contributed by atoms with Crippen molar-refractivity contribution >= 4 is 26.8 Å². The zero-order chi connectivity index (χ0) is 19.4. The minimum Gasteiger partial charge on any atom is -0.351 e. The quantitative estimate of drug-likeness (QED) is 0.671. The molecule has 0 bridgehead atoms. The Morgan fingerprint density at radius 3 is 2.56 bits per heavy atom. The molecule has 0 saturated heterocycles. The largest absolute Gasteiger partial charge is 0.351 e. The lowest BCUT2D eigenvalue weighted by molar-refractivity contribution is -0.121. The Kier molecular flexibility index (Phi) is 5.38. The van der Waals surface area contributed by atoms with Crippen LogP contribution in [-0.4, -0.2) is 37.2 Å². The van der Waals surface area contributed by atoms with Crippen LogP contribution in [0.25, 0.3) is 10.9 Å². The van der Waals surface area contributed by atoms with Gasteiger partial charge in [-0.15, -0.1) is 0 Å². The molecule has 0 spiro atoms. The molecule has 0 saturated carbocycles. The van der Waals surface area contributed by atoms with Crippen molar-refractivity contribution < 1.29 is 13.2 Å². The van der Waals surface area contributed by atoms with Gasteiger partial charge in [0.05, 0.1) is 11.4 Å². The summed E-state index contributed by atoms with van der Waals surface area (Å²) in [5, 5.41) is 3.30. The first-order valence-electron chi connectivity index (χ1n) is 8.26. The number of rotatable bonds is 6. The van der Waals surface area contributed by atoms with Gasteiger partial charge >= 0.3 is 0 Å². The zero-order valence-electron chi connectivity index (χ0n) is 14.7. The highest BCUT2D eigenvalue weighted by atomic mass is 32.2. The summed E-state index contributed by atoms with van der Waals surface area (Å²) < 4.78 is 26.5. The molecule has 2 aromatic carbocycles. The maximum Gasteiger partial charge on any atom is 0.248 e. The molecule has 0 aliphatic heterocycles. The van der Waals surface area contributed by atoms with E-state index in [1.807, 2.05) is 30.3 Å². The minimum atomic E-state index is -3.84. The molecule has 7 nitrogen and oxygen atoms in total. The Hall–Kier alpha value is -2.97. The Balaban J connectivity index is 1.71. The van der Waals surface area contributed by atoms with Crippen molar-refractivity contribution in [3.63, 3.8) is 0 Å². The summed E-state index contributed by atoms with van der Waals surface area (Å²) in [5.74, 6) is -0.393. The highest BCUT2D eigenvalue weighted by Gasteiger charge is 2.23. The summed E-state index contributed by atoms with van der Waals surface area (Å²) >= 11 is 0. The predicted octanol–water partition coefficient (Wildman–Crippen LogP) is 1.46. The molecule has 2 N–H and O–H groups in total. The fourth-order valence-corrected chi connectivity index (χ4v) is 3.78. The van der Waals surface area contributed by atoms with Gasteiger partial charge in [-0.05, 0) is 35.2 Å². The van der Waals surface area contributed by atoms with Gasteiger partial charge in [-0.1, -0.05) is 30.3 Å². The average molecular weight is 385 g/mol. The number of likely N-dealkylation sites (N-methyl/N-ethyl adjacent to an activating group) is 1. The normalized spacial score (nSPS) is 11.6. The molecule has 140 valence electrons. The van der Waals surface area contributed by atoms with E-state index in [1.54, 1.807) is 6.07 Å². The summed E-state index contributed by atoms with van der Waals surface area (Å²) in [6, 6.07) is 16.7. The minimum absolute atomic E-state index is 0.0559. The maximum absolute atomic E-state index is 12.7. The molecular weight excluding hydrogens is 366 g/mol. The summed E-state index contributed by atoms with van der Waals surface area (Å²) in [5.41, 5.74) is 1.22. The van der Waals surface area contributed by atoms with E-state index in [0.29, 0.717) is 17.4 Å². The molecular formula is C19H19N3O4S. The number of pyridine rings is 1. The van der Waals surface area contributed by atoms with Gasteiger partial charge < -0.3 is 10.3 Å². The second-order valence-electron chi connectivity index (χ2n) is 6.10. The van der Waals surface area contributed by atoms with Crippen molar-refractivity contribution in [3.05, 3.63) is 76.6 Å². The fraction of sp³-hybridized carbons (Fsp3) is 0.158. The molecule has 3 aromatic rings. The summed E-state index contributed by atoms with van der Waals surface area (Å²) in [4.78, 5) is 26.1. The molecule has 8 heteroatoms. The van der Waals surface area contributed by atoms with Crippen molar-refractivity contribution in [2.45, 2.75) is 11.4 Å². The lowest BCUT2D eigenvalue weighted by Crippen LogP contribution is -2.38. The molecule has 0 radical (unpaired) electrons. The number of amides is 1. The van der Waals surface area contributed by atoms with Crippen molar-refractivity contribution in [2.24, 2.45) is 0 Å². The molecule has 0 aliphatic carbocycles. The summed E-state index contributed by atoms with van der Waals surface area (Å²) in [6.07, 6.45) is 0. The van der Waals surface area contributed by atoms with Gasteiger partial charge in [0.15, 0.2) is 0 Å². The van der Waals surface area contributed by atoms with Crippen molar-refractivity contribution in [1.82, 2.24) is 14.6 Å². The van der Waals surface area contributed by atoms with Crippen LogP contribution in [0.1, 0.15) is 5.56 Å². The van der Waals surface area contributed by atoms with Crippen LogP contribution in [0, 0.1) is 0 Å². The number of carbonyl (C=O) groups is 1. The number of fused-ring (bicyclic) bond motifs is 1. The zero-order valence-corrected chi connectivity index (χ0v) is 15.5. The van der Waals surface area contributed by atoms with Crippen LogP contribution < -0.4 is 10.9 Å². The van der Waals surface area contributed by atoms with Gasteiger partial charge in [0.1, 0.15) is 0 Å². The maximum atomic E-state index is 12.7. The van der Waals surface area contributed by atoms with Crippen LogP contribution in [0.2, 0.25) is 0 Å². The van der Waals surface area contributed by atoms with Crippen LogP contribution in [0.4, 0.5) is 0 Å². The molecule has 1 amide bonds. The fourth-order valence-electron chi connectivity index (χ4n) is 2.61. The number of aromatic nitrogens is 1. The third-order valence-corrected chi connectivity index (χ3v) is 5.90. The molecule has 0 atom stereocenters. The van der Waals surface area contributed by atoms with Crippen molar-refractivity contribution in [2.75, 3.05) is 13.6 Å². The van der Waals surface area contributed by atoms with E-state index >= 15 is 0 Å². The van der Waals surface area contributed by atoms with E-state index in [4.69, 9.17) is 0 Å². The Morgan fingerprint density at radius 2 is 1.81 bits per heavy atom. The third-order valence-electron chi connectivity index (χ3n) is 4.10. The van der Waals surface area contributed by atoms with Crippen LogP contribution in [-0.2, 0) is 21.4 Å². The van der Waals surface area contributed by atoms with Crippen molar-refractivity contribution in [3.8, 4) is 0 Å². The van der Waals surface area contributed by atoms with Gasteiger partial charge in [0, 0.05) is 25.2 Å². The van der Waals surface area contributed by atoms with Crippen LogP contribution in [0.3, 0.4) is 0 Å². The molecule has 0 unspecified atom stereocenters. The van der Waals surface area contributed by atoms with E-state index in [1.165, 1.54) is 31.3 Å². The predicted molar refractivity (Wildman–Crippen MR) is 103 cm³/mol. The number of sulfonamides is 1. The molecule has 3 rings (SSSR count). The summed E-state index contributed by atoms with van der Waals surface area (Å²) in [7, 11) is -2.48. The number of aromatic amines is 1. The van der Waals surface area contributed by atoms with E-state index in [9.17, 15) is 18.0 Å². The monoisotopic (exact) mass is 385 g/mol. The molecule has 1 aromatic heterocycles. The number of H-pyrrole nitrogens is 1. The highest BCUT2D eigenvalue weighted by molar-refractivity contribution is 7.89. The second kappa shape index (κ2) is 7.73. The van der Waals surface area contributed by atoms with E-state index in [-0.39, 0.29) is 17.0 Å². The standard InChI is InChI=1S/C19H19N3O4S/c1-22(13-19(24)20-12-14-5-3-2-4-6-14)27(25,26)16-8-9-17-15(11-16)7-10-18(23)21-17/h2-11H,12-13H2,1H3,(H,20,24)(H,21,23). The van der Waals surface area contributed by atoms with Gasteiger partial charge in [-0.3, -0.25) is 9.59 Å². The van der Waals surface area contributed by atoms with Crippen LogP contribution in [0.15, 0.2) is 70.4 Å². The number of benzene rings is 2. The van der Waals surface area contributed by atoms with Crippen LogP contribution in [0.5, 0.6) is 0 Å². The van der Waals surface area contributed by atoms with E-state index in [2.05, 4.69) is 10.3 Å². The lowest BCUT2D eigenvalue weighted by atomic mass is 10.2. The topological polar surface area (TPSA) is 99.3 Å². The van der Waals surface area contributed by atoms with Crippen LogP contribution >= 0.6 is 0 Å². The number of hydrogen-bond acceptors (Lipinski definition) is 4. The SMILES string of the molecule is CN(CC(=O)NCc1ccccc1)S(=O)(=O)c1ccc2[nH]c(=O)ccc2c1. The Morgan fingerprint density at radius 1 is 1.07 bits per heavy atom. The summed E-state index contributed by atoms with van der Waals surface area (Å²) in [6.45, 7) is 0.0374. The van der Waals surface area contributed by atoms with E-state index in [0.717, 1.165) is 9.87 Å². The molecule has 0 fully saturated rings. The number of hydrogen-bond donors (Lipinski definition) is 2. The van der Waals surface area contributed by atoms with Gasteiger partial charge in [-0.25, -0.2) is 8.42 Å². The number of nitrogens with zero attached hydrogens (tertiary/aromatic N) is 1. The number of carbonyl (C=O) groups excluding carboxylic acids is 1. The second-order valence-corrected chi connectivity index (χ2v) is 8.14. The lowest BCUT2D eigenvalue weighted by Gasteiger charge is -2.17. The van der Waals surface area contributed by atoms with Gasteiger partial charge in [0.25, 0.3) is 0 Å². The van der Waals surface area contributed by atoms with E-state index < -0.39 is 15.9 Å². The van der Waals surface area contributed by atoms with Gasteiger partial charge in [-0.2, -0.15) is 4.31 Å². The molecule has 0 aliphatic rings. The Labute approximate surface area is 156 Å². The third kappa shape index (κ3) is 4.42. The first kappa shape index (κ1) is 18.8. The average Bonchev–Trinajstić information content (AvgIpc) is 2.66. The number of nitrogens with one attached hydrogen (secondary N) is 2. The Bertz CT molecular complexity index is 1120. The molecule has 1 heterocycles. The highest BCUT2D eigenvalue weighted by Crippen LogP contribution is 2.19. The molecule has 27 heavy (non-hydrogen) atoms. The first-order valence-corrected chi connectivity index (χ1v) is 9.70. The first-order chi connectivity index (χ1) is 12.9. The van der Waals surface area contributed by atoms with Crippen molar-refractivity contribution in [1.29, 1.82) is 0 Å². The smallest absolute Gasteiger partial charge is 0.248 e.